The number of halogens is 1. The van der Waals surface area contributed by atoms with Crippen LogP contribution in [0.2, 0.25) is 4.34 Å². The van der Waals surface area contributed by atoms with E-state index in [9.17, 15) is 24.0 Å². The number of benzene rings is 2. The van der Waals surface area contributed by atoms with Crippen LogP contribution in [0.15, 0.2) is 76.4 Å². The number of oxime groups is 1. The van der Waals surface area contributed by atoms with Crippen LogP contribution in [0, 0.1) is 0 Å². The van der Waals surface area contributed by atoms with Crippen LogP contribution in [0.25, 0.3) is 0 Å². The number of nitrogens with zero attached hydrogens (tertiary/aromatic N) is 3. The Balaban J connectivity index is 1.24. The van der Waals surface area contributed by atoms with Gasteiger partial charge in [-0.2, -0.15) is 0 Å². The van der Waals surface area contributed by atoms with Crippen LogP contribution < -0.4 is 10.6 Å². The smallest absolute Gasteiger partial charge is 0.413 e. The standard InChI is InChI=1S/C37H38ClN5O8S3/c1-20(44)53-24-19-52-33-27(32(46)43(33)28(24)34(47)49-29(21-13-7-5-8-14-21)22-15-9-6-10-16-22)39-31(45)26(42-51-23-17-11-12-18-23)25-30(38)54-35(40-25)41-36(48)50-37(2,3)4/h5-10,13-16,23,27,29,33H,11-12,17-19H2,1-4H3,(H,39,45)(H,40,41,48). The number of amides is 3. The zero-order valence-electron chi connectivity index (χ0n) is 29.8. The van der Waals surface area contributed by atoms with Gasteiger partial charge in [0.15, 0.2) is 22.1 Å². The number of fused-ring (bicyclic) bond motifs is 1. The maximum absolute atomic E-state index is 14.1. The summed E-state index contributed by atoms with van der Waals surface area (Å²) in [7, 11) is 0. The lowest BCUT2D eigenvalue weighted by atomic mass is 10.0. The molecule has 0 bridgehead atoms. The Labute approximate surface area is 329 Å². The van der Waals surface area contributed by atoms with Crippen molar-refractivity contribution in [1.29, 1.82) is 0 Å². The summed E-state index contributed by atoms with van der Waals surface area (Å²) in [4.78, 5) is 78.5. The molecule has 2 N–H and O–H groups in total. The molecule has 1 saturated heterocycles. The zero-order chi connectivity index (χ0) is 38.6. The molecule has 1 aliphatic carbocycles. The Kier molecular flexibility index (Phi) is 12.4. The number of thioether (sulfide) groups is 2. The highest BCUT2D eigenvalue weighted by molar-refractivity contribution is 8.17. The molecule has 1 saturated carbocycles. The number of nitrogens with one attached hydrogen (secondary N) is 2. The first-order valence-corrected chi connectivity index (χ1v) is 20.2. The maximum Gasteiger partial charge on any atom is 0.413 e. The Morgan fingerprint density at radius 3 is 2.24 bits per heavy atom. The lowest BCUT2D eigenvalue weighted by Gasteiger charge is -2.49. The summed E-state index contributed by atoms with van der Waals surface area (Å²) in [5, 5.41) is 8.52. The van der Waals surface area contributed by atoms with Gasteiger partial charge in [0.2, 0.25) is 0 Å². The van der Waals surface area contributed by atoms with E-state index >= 15 is 0 Å². The maximum atomic E-state index is 14.1. The summed E-state index contributed by atoms with van der Waals surface area (Å²) in [5.74, 6) is -1.96. The first-order chi connectivity index (χ1) is 25.8. The molecule has 2 atom stereocenters. The van der Waals surface area contributed by atoms with Gasteiger partial charge in [0.25, 0.3) is 11.8 Å². The molecule has 2 aromatic carbocycles. The van der Waals surface area contributed by atoms with Crippen LogP contribution in [-0.2, 0) is 33.5 Å². The summed E-state index contributed by atoms with van der Waals surface area (Å²) in [6.45, 7) is 6.52. The van der Waals surface area contributed by atoms with Gasteiger partial charge in [-0.1, -0.05) is 101 Å². The van der Waals surface area contributed by atoms with Crippen LogP contribution in [0.5, 0.6) is 0 Å². The molecule has 3 aromatic rings. The third-order valence-corrected chi connectivity index (χ3v) is 11.8. The summed E-state index contributed by atoms with van der Waals surface area (Å²) in [6.07, 6.45) is 1.64. The van der Waals surface area contributed by atoms with E-state index in [1.165, 1.54) is 23.6 Å². The molecule has 284 valence electrons. The summed E-state index contributed by atoms with van der Waals surface area (Å²) in [5.41, 5.74) is 0.280. The lowest BCUT2D eigenvalue weighted by molar-refractivity contribution is -0.154. The third kappa shape index (κ3) is 9.28. The zero-order valence-corrected chi connectivity index (χ0v) is 33.0. The van der Waals surface area contributed by atoms with Gasteiger partial charge in [0.1, 0.15) is 38.8 Å². The van der Waals surface area contributed by atoms with Crippen LogP contribution in [0.1, 0.15) is 76.3 Å². The first kappa shape index (κ1) is 39.3. The number of esters is 1. The van der Waals surface area contributed by atoms with Crippen molar-refractivity contribution in [3.63, 3.8) is 0 Å². The third-order valence-electron chi connectivity index (χ3n) is 8.34. The average molecular weight is 812 g/mol. The Morgan fingerprint density at radius 2 is 1.65 bits per heavy atom. The molecule has 2 fully saturated rings. The first-order valence-electron chi connectivity index (χ1n) is 17.2. The number of aromatic nitrogens is 1. The lowest BCUT2D eigenvalue weighted by Crippen LogP contribution is -2.71. The van der Waals surface area contributed by atoms with E-state index in [4.69, 9.17) is 25.9 Å². The van der Waals surface area contributed by atoms with E-state index in [0.29, 0.717) is 4.91 Å². The van der Waals surface area contributed by atoms with Gasteiger partial charge in [0, 0.05) is 17.6 Å². The SMILES string of the molecule is CC(=O)SC1=C(C(=O)OC(c2ccccc2)c2ccccc2)N2C(=O)C(NC(=O)C(=NOC3CCCC3)c3nc(NC(=O)OC(C)(C)C)sc3Cl)C2SC1. The van der Waals surface area contributed by atoms with Gasteiger partial charge in [-0.15, -0.1) is 11.8 Å². The largest absolute Gasteiger partial charge is 0.448 e. The quantitative estimate of drug-likeness (QED) is 0.0884. The molecule has 54 heavy (non-hydrogen) atoms. The number of rotatable bonds is 11. The van der Waals surface area contributed by atoms with E-state index in [2.05, 4.69) is 20.8 Å². The van der Waals surface area contributed by atoms with E-state index in [-0.39, 0.29) is 43.5 Å². The molecule has 3 amide bonds. The molecule has 3 aliphatic rings. The fourth-order valence-electron chi connectivity index (χ4n) is 5.99. The van der Waals surface area contributed by atoms with Crippen molar-refractivity contribution in [3.8, 4) is 0 Å². The van der Waals surface area contributed by atoms with Gasteiger partial charge >= 0.3 is 12.1 Å². The Morgan fingerprint density at radius 1 is 1.02 bits per heavy atom. The van der Waals surface area contributed by atoms with Gasteiger partial charge in [-0.05, 0) is 57.6 Å². The number of β-lactam (4-membered cyclic amide) rings is 1. The molecule has 6 rings (SSSR count). The molecule has 17 heteroatoms. The number of thiazole rings is 1. The van der Waals surface area contributed by atoms with E-state index in [1.807, 2.05) is 60.7 Å². The molecule has 13 nitrogen and oxygen atoms in total. The summed E-state index contributed by atoms with van der Waals surface area (Å²) >= 11 is 9.59. The fraction of sp³-hybridized carbons (Fsp3) is 0.378. The predicted molar refractivity (Wildman–Crippen MR) is 208 cm³/mol. The van der Waals surface area contributed by atoms with Crippen molar-refractivity contribution in [2.24, 2.45) is 5.16 Å². The van der Waals surface area contributed by atoms with Crippen LogP contribution in [0.3, 0.4) is 0 Å². The van der Waals surface area contributed by atoms with E-state index in [1.54, 1.807) is 20.8 Å². The van der Waals surface area contributed by atoms with Crippen LogP contribution >= 0.6 is 46.5 Å². The van der Waals surface area contributed by atoms with E-state index < -0.39 is 47.0 Å². The second-order valence-electron chi connectivity index (χ2n) is 13.6. The second kappa shape index (κ2) is 17.0. The van der Waals surface area contributed by atoms with E-state index in [0.717, 1.165) is 59.9 Å². The van der Waals surface area contributed by atoms with Crippen LogP contribution in [-0.4, -0.2) is 73.5 Å². The molecule has 2 aliphatic heterocycles. The van der Waals surface area contributed by atoms with Crippen molar-refractivity contribution >= 4 is 86.3 Å². The number of anilines is 1. The van der Waals surface area contributed by atoms with Crippen molar-refractivity contribution < 1.29 is 38.3 Å². The molecule has 2 unspecified atom stereocenters. The summed E-state index contributed by atoms with van der Waals surface area (Å²) < 4.78 is 11.5. The number of ether oxygens (including phenoxy) is 2. The average Bonchev–Trinajstić information content (AvgIpc) is 3.78. The van der Waals surface area contributed by atoms with Crippen molar-refractivity contribution in [2.75, 3.05) is 11.1 Å². The number of hydrogen-bond donors (Lipinski definition) is 2. The minimum absolute atomic E-state index is 0.0452. The minimum atomic E-state index is -1.08. The van der Waals surface area contributed by atoms with Crippen LogP contribution in [0.4, 0.5) is 9.93 Å². The molecular formula is C37H38ClN5O8S3. The summed E-state index contributed by atoms with van der Waals surface area (Å²) in [6, 6.07) is 17.3. The molecular weight excluding hydrogens is 774 g/mol. The second-order valence-corrected chi connectivity index (χ2v) is 17.5. The Bertz CT molecular complexity index is 1940. The number of carbonyl (C=O) groups is 5. The topological polar surface area (TPSA) is 166 Å². The van der Waals surface area contributed by atoms with Gasteiger partial charge in [-0.25, -0.2) is 14.6 Å². The van der Waals surface area contributed by atoms with Crippen molar-refractivity contribution in [3.05, 3.63) is 92.4 Å². The van der Waals surface area contributed by atoms with Gasteiger partial charge < -0.3 is 19.6 Å². The number of hydrogen-bond acceptors (Lipinski definition) is 13. The Hall–Kier alpha value is -4.38. The van der Waals surface area contributed by atoms with Crippen molar-refractivity contribution in [2.45, 2.75) is 82.6 Å². The predicted octanol–water partition coefficient (Wildman–Crippen LogP) is 7.03. The van der Waals surface area contributed by atoms with Gasteiger partial charge in [-0.3, -0.25) is 24.6 Å². The molecule has 0 radical (unpaired) electrons. The normalized spacial score (nSPS) is 18.9. The molecule has 1 aromatic heterocycles. The monoisotopic (exact) mass is 811 g/mol. The highest BCUT2D eigenvalue weighted by Crippen LogP contribution is 2.45. The number of carbonyl (C=O) groups excluding carboxylic acids is 5. The van der Waals surface area contributed by atoms with Gasteiger partial charge in [0.05, 0.1) is 0 Å². The molecule has 3 heterocycles. The highest BCUT2D eigenvalue weighted by atomic mass is 35.5. The fourth-order valence-corrected chi connectivity index (χ4v) is 9.28. The highest BCUT2D eigenvalue weighted by Gasteiger charge is 2.55. The van der Waals surface area contributed by atoms with Crippen molar-refractivity contribution in [1.82, 2.24) is 15.2 Å². The minimum Gasteiger partial charge on any atom is -0.448 e. The molecule has 0 spiro atoms.